The van der Waals surface area contributed by atoms with Gasteiger partial charge in [0.1, 0.15) is 0 Å². The standard InChI is InChI=1S/C13H22N2O/c16-13(15-10-5-1-2-6-10)12-11-7-3-4-9(11)8-14-12/h9-12,14H,1-8H2,(H,15,16). The largest absolute Gasteiger partial charge is 0.352 e. The average Bonchev–Trinajstić information content (AvgIpc) is 2.92. The second-order valence-electron chi connectivity index (χ2n) is 5.73. The van der Waals surface area contributed by atoms with Gasteiger partial charge in [0.2, 0.25) is 5.91 Å². The third-order valence-corrected chi connectivity index (χ3v) is 4.73. The summed E-state index contributed by atoms with van der Waals surface area (Å²) in [5.41, 5.74) is 0. The molecule has 0 aromatic carbocycles. The molecule has 3 fully saturated rings. The quantitative estimate of drug-likeness (QED) is 0.742. The molecule has 3 atom stereocenters. The third kappa shape index (κ3) is 1.86. The van der Waals surface area contributed by atoms with E-state index in [-0.39, 0.29) is 11.9 Å². The van der Waals surface area contributed by atoms with Crippen molar-refractivity contribution < 1.29 is 4.79 Å². The molecular formula is C13H22N2O. The molecule has 0 spiro atoms. The zero-order chi connectivity index (χ0) is 11.0. The van der Waals surface area contributed by atoms with Crippen molar-refractivity contribution in [3.63, 3.8) is 0 Å². The first-order valence-corrected chi connectivity index (χ1v) is 6.88. The molecule has 90 valence electrons. The van der Waals surface area contributed by atoms with Crippen molar-refractivity contribution in [3.05, 3.63) is 0 Å². The molecule has 1 aliphatic heterocycles. The molecule has 0 aromatic heterocycles. The molecule has 3 heteroatoms. The van der Waals surface area contributed by atoms with E-state index in [9.17, 15) is 4.79 Å². The van der Waals surface area contributed by atoms with Crippen LogP contribution in [0.5, 0.6) is 0 Å². The monoisotopic (exact) mass is 222 g/mol. The van der Waals surface area contributed by atoms with E-state index in [0.29, 0.717) is 12.0 Å². The summed E-state index contributed by atoms with van der Waals surface area (Å²) in [4.78, 5) is 12.2. The number of amides is 1. The molecule has 1 amide bonds. The van der Waals surface area contributed by atoms with Gasteiger partial charge in [0, 0.05) is 6.04 Å². The van der Waals surface area contributed by atoms with E-state index >= 15 is 0 Å². The molecule has 3 unspecified atom stereocenters. The Morgan fingerprint density at radius 3 is 2.69 bits per heavy atom. The van der Waals surface area contributed by atoms with Crippen LogP contribution in [0.15, 0.2) is 0 Å². The van der Waals surface area contributed by atoms with Crippen LogP contribution in [0.2, 0.25) is 0 Å². The highest BCUT2D eigenvalue weighted by Crippen LogP contribution is 2.37. The highest BCUT2D eigenvalue weighted by atomic mass is 16.2. The smallest absolute Gasteiger partial charge is 0.237 e. The molecular weight excluding hydrogens is 200 g/mol. The van der Waals surface area contributed by atoms with Gasteiger partial charge in [-0.2, -0.15) is 0 Å². The molecule has 3 rings (SSSR count). The fraction of sp³-hybridized carbons (Fsp3) is 0.923. The van der Waals surface area contributed by atoms with Gasteiger partial charge in [-0.1, -0.05) is 19.3 Å². The Kier molecular flexibility index (Phi) is 2.88. The zero-order valence-electron chi connectivity index (χ0n) is 9.87. The normalized spacial score (nSPS) is 38.9. The molecule has 0 radical (unpaired) electrons. The lowest BCUT2D eigenvalue weighted by Gasteiger charge is -2.20. The Labute approximate surface area is 97.4 Å². The van der Waals surface area contributed by atoms with Gasteiger partial charge in [-0.25, -0.2) is 0 Å². The van der Waals surface area contributed by atoms with Crippen molar-refractivity contribution in [1.29, 1.82) is 0 Å². The SMILES string of the molecule is O=C(NC1CCCC1)C1NCC2CCCC21. The summed E-state index contributed by atoms with van der Waals surface area (Å²) in [6, 6.07) is 0.586. The van der Waals surface area contributed by atoms with E-state index in [4.69, 9.17) is 0 Å². The van der Waals surface area contributed by atoms with Crippen LogP contribution >= 0.6 is 0 Å². The molecule has 1 heterocycles. The van der Waals surface area contributed by atoms with E-state index in [0.717, 1.165) is 12.5 Å². The number of hydrogen-bond acceptors (Lipinski definition) is 2. The van der Waals surface area contributed by atoms with Gasteiger partial charge in [-0.05, 0) is 44.1 Å². The number of nitrogens with one attached hydrogen (secondary N) is 2. The number of hydrogen-bond donors (Lipinski definition) is 2. The predicted molar refractivity (Wildman–Crippen MR) is 63.0 cm³/mol. The van der Waals surface area contributed by atoms with Crippen molar-refractivity contribution in [3.8, 4) is 0 Å². The Morgan fingerprint density at radius 1 is 1.06 bits per heavy atom. The number of carbonyl (C=O) groups excluding carboxylic acids is 1. The maximum atomic E-state index is 12.2. The van der Waals surface area contributed by atoms with Gasteiger partial charge in [-0.15, -0.1) is 0 Å². The van der Waals surface area contributed by atoms with E-state index in [2.05, 4.69) is 10.6 Å². The maximum absolute atomic E-state index is 12.2. The van der Waals surface area contributed by atoms with Gasteiger partial charge in [0.15, 0.2) is 0 Å². The molecule has 0 bridgehead atoms. The van der Waals surface area contributed by atoms with Crippen LogP contribution in [0.1, 0.15) is 44.9 Å². The van der Waals surface area contributed by atoms with E-state index in [1.807, 2.05) is 0 Å². The van der Waals surface area contributed by atoms with Gasteiger partial charge >= 0.3 is 0 Å². The third-order valence-electron chi connectivity index (χ3n) is 4.73. The van der Waals surface area contributed by atoms with Crippen LogP contribution in [0.3, 0.4) is 0 Å². The Morgan fingerprint density at radius 2 is 1.88 bits per heavy atom. The molecule has 2 N–H and O–H groups in total. The van der Waals surface area contributed by atoms with Crippen LogP contribution in [0, 0.1) is 11.8 Å². The number of fused-ring (bicyclic) bond motifs is 1. The van der Waals surface area contributed by atoms with Crippen molar-refractivity contribution in [2.24, 2.45) is 11.8 Å². The molecule has 2 saturated carbocycles. The minimum atomic E-state index is 0.119. The average molecular weight is 222 g/mol. The summed E-state index contributed by atoms with van der Waals surface area (Å²) >= 11 is 0. The first-order valence-electron chi connectivity index (χ1n) is 6.88. The Balaban J connectivity index is 1.57. The lowest BCUT2D eigenvalue weighted by molar-refractivity contribution is -0.124. The fourth-order valence-corrected chi connectivity index (χ4v) is 3.84. The van der Waals surface area contributed by atoms with Crippen molar-refractivity contribution >= 4 is 5.91 Å². The lowest BCUT2D eigenvalue weighted by Crippen LogP contribution is -2.47. The summed E-state index contributed by atoms with van der Waals surface area (Å²) < 4.78 is 0. The Bertz CT molecular complexity index is 273. The van der Waals surface area contributed by atoms with Gasteiger partial charge in [0.05, 0.1) is 6.04 Å². The van der Waals surface area contributed by atoms with E-state index in [1.165, 1.54) is 44.9 Å². The van der Waals surface area contributed by atoms with Gasteiger partial charge < -0.3 is 10.6 Å². The molecule has 0 aromatic rings. The molecule has 3 aliphatic rings. The maximum Gasteiger partial charge on any atom is 0.237 e. The highest BCUT2D eigenvalue weighted by Gasteiger charge is 2.42. The van der Waals surface area contributed by atoms with Crippen LogP contribution in [0.4, 0.5) is 0 Å². The van der Waals surface area contributed by atoms with Crippen LogP contribution in [-0.2, 0) is 4.79 Å². The second kappa shape index (κ2) is 4.36. The van der Waals surface area contributed by atoms with Crippen LogP contribution in [-0.4, -0.2) is 24.5 Å². The second-order valence-corrected chi connectivity index (χ2v) is 5.73. The zero-order valence-corrected chi connectivity index (χ0v) is 9.87. The number of rotatable bonds is 2. The van der Waals surface area contributed by atoms with E-state index < -0.39 is 0 Å². The van der Waals surface area contributed by atoms with Crippen molar-refractivity contribution in [1.82, 2.24) is 10.6 Å². The minimum absolute atomic E-state index is 0.119. The van der Waals surface area contributed by atoms with Crippen molar-refractivity contribution in [2.45, 2.75) is 57.0 Å². The summed E-state index contributed by atoms with van der Waals surface area (Å²) in [5, 5.41) is 6.65. The fourth-order valence-electron chi connectivity index (χ4n) is 3.84. The van der Waals surface area contributed by atoms with Crippen molar-refractivity contribution in [2.75, 3.05) is 6.54 Å². The molecule has 3 nitrogen and oxygen atoms in total. The molecule has 2 aliphatic carbocycles. The molecule has 1 saturated heterocycles. The van der Waals surface area contributed by atoms with E-state index in [1.54, 1.807) is 0 Å². The summed E-state index contributed by atoms with van der Waals surface area (Å²) in [6.45, 7) is 1.06. The summed E-state index contributed by atoms with van der Waals surface area (Å²) in [7, 11) is 0. The lowest BCUT2D eigenvalue weighted by atomic mass is 9.93. The number of carbonyl (C=O) groups is 1. The van der Waals surface area contributed by atoms with Crippen LogP contribution < -0.4 is 10.6 Å². The first kappa shape index (κ1) is 10.6. The van der Waals surface area contributed by atoms with Gasteiger partial charge in [0.25, 0.3) is 0 Å². The summed E-state index contributed by atoms with van der Waals surface area (Å²) in [5.74, 6) is 1.68. The first-order chi connectivity index (χ1) is 7.84. The predicted octanol–water partition coefficient (Wildman–Crippen LogP) is 1.43. The topological polar surface area (TPSA) is 41.1 Å². The summed E-state index contributed by atoms with van der Waals surface area (Å²) in [6.07, 6.45) is 8.85. The molecule has 16 heavy (non-hydrogen) atoms. The minimum Gasteiger partial charge on any atom is -0.352 e. The van der Waals surface area contributed by atoms with Crippen LogP contribution in [0.25, 0.3) is 0 Å². The van der Waals surface area contributed by atoms with Gasteiger partial charge in [-0.3, -0.25) is 4.79 Å². The Hall–Kier alpha value is -0.570. The highest BCUT2D eigenvalue weighted by molar-refractivity contribution is 5.82.